The quantitative estimate of drug-likeness (QED) is 0.800. The van der Waals surface area contributed by atoms with Crippen molar-refractivity contribution in [3.05, 3.63) is 29.8 Å². The third kappa shape index (κ3) is 4.22. The van der Waals surface area contributed by atoms with E-state index in [2.05, 4.69) is 15.0 Å². The lowest BCUT2D eigenvalue weighted by Gasteiger charge is -2.42. The molecule has 0 amide bonds. The number of nitrogens with one attached hydrogen (secondary N) is 1. The van der Waals surface area contributed by atoms with Gasteiger partial charge in [0.2, 0.25) is 0 Å². The molecule has 3 aliphatic rings. The molecule has 3 fully saturated rings. The highest BCUT2D eigenvalue weighted by Crippen LogP contribution is 2.33. The maximum Gasteiger partial charge on any atom is 0.573 e. The number of hydrogen-bond donors (Lipinski definition) is 2. The van der Waals surface area contributed by atoms with E-state index in [4.69, 9.17) is 9.47 Å². The molecule has 3 aliphatic heterocycles. The number of ether oxygens (including phenoxy) is 3. The minimum absolute atomic E-state index is 0.202. The van der Waals surface area contributed by atoms with Crippen molar-refractivity contribution in [2.45, 2.75) is 56.3 Å². The van der Waals surface area contributed by atoms with Gasteiger partial charge in [-0.2, -0.15) is 0 Å². The summed E-state index contributed by atoms with van der Waals surface area (Å²) in [5.41, 5.74) is 0.787. The maximum absolute atomic E-state index is 12.2. The first kappa shape index (κ1) is 18.9. The third-order valence-corrected chi connectivity index (χ3v) is 5.39. The summed E-state index contributed by atoms with van der Waals surface area (Å²) in [6.45, 7) is 2.65. The van der Waals surface area contributed by atoms with E-state index in [1.165, 1.54) is 12.1 Å². The normalized spacial score (nSPS) is 34.1. The molecule has 0 spiro atoms. The lowest BCUT2D eigenvalue weighted by atomic mass is 9.94. The van der Waals surface area contributed by atoms with Crippen molar-refractivity contribution in [2.24, 2.45) is 0 Å². The SMILES string of the molecule is O[C@H]1[C@@H](NCc2ccc(OC(F)(F)F)cc2)[C@@H]2CO[C@H](O2)[C@@H]1N1CCCC1. The fourth-order valence-electron chi connectivity index (χ4n) is 4.13. The van der Waals surface area contributed by atoms with Gasteiger partial charge in [0.1, 0.15) is 11.9 Å². The number of aliphatic hydroxyl groups is 1. The van der Waals surface area contributed by atoms with Crippen LogP contribution in [0.25, 0.3) is 0 Å². The zero-order valence-corrected chi connectivity index (χ0v) is 14.7. The Hall–Kier alpha value is -1.39. The molecule has 0 radical (unpaired) electrons. The fraction of sp³-hybridized carbons (Fsp3) is 0.667. The Balaban J connectivity index is 1.38. The smallest absolute Gasteiger partial charge is 0.406 e. The molecule has 150 valence electrons. The molecule has 2 bridgehead atoms. The lowest BCUT2D eigenvalue weighted by molar-refractivity contribution is -0.274. The molecule has 5 atom stereocenters. The van der Waals surface area contributed by atoms with Crippen LogP contribution in [0.5, 0.6) is 5.75 Å². The van der Waals surface area contributed by atoms with Gasteiger partial charge in [0, 0.05) is 6.54 Å². The van der Waals surface area contributed by atoms with Crippen LogP contribution in [0.15, 0.2) is 24.3 Å². The number of halogens is 3. The van der Waals surface area contributed by atoms with E-state index in [0.29, 0.717) is 13.2 Å². The van der Waals surface area contributed by atoms with E-state index in [-0.39, 0.29) is 23.9 Å². The van der Waals surface area contributed by atoms with Crippen LogP contribution in [-0.4, -0.2) is 66.6 Å². The molecule has 9 heteroatoms. The summed E-state index contributed by atoms with van der Waals surface area (Å²) in [6.07, 6.45) is -3.78. The summed E-state index contributed by atoms with van der Waals surface area (Å²) in [7, 11) is 0. The Morgan fingerprint density at radius 2 is 1.89 bits per heavy atom. The van der Waals surface area contributed by atoms with Crippen molar-refractivity contribution in [1.29, 1.82) is 0 Å². The van der Waals surface area contributed by atoms with Crippen LogP contribution in [0.4, 0.5) is 13.2 Å². The topological polar surface area (TPSA) is 63.2 Å². The number of rotatable bonds is 5. The molecule has 0 aromatic heterocycles. The highest BCUT2D eigenvalue weighted by Gasteiger charge is 2.52. The molecular weight excluding hydrogens is 365 g/mol. The molecular formula is C18H23F3N2O4. The number of nitrogens with zero attached hydrogens (tertiary/aromatic N) is 1. The number of benzene rings is 1. The summed E-state index contributed by atoms with van der Waals surface area (Å²) >= 11 is 0. The van der Waals surface area contributed by atoms with Gasteiger partial charge in [-0.15, -0.1) is 13.2 Å². The van der Waals surface area contributed by atoms with Gasteiger partial charge in [0.05, 0.1) is 24.8 Å². The molecule has 0 aliphatic carbocycles. The van der Waals surface area contributed by atoms with Gasteiger partial charge in [0.25, 0.3) is 0 Å². The second-order valence-electron chi connectivity index (χ2n) is 7.20. The highest BCUT2D eigenvalue weighted by atomic mass is 19.4. The van der Waals surface area contributed by atoms with E-state index in [1.807, 2.05) is 0 Å². The minimum Gasteiger partial charge on any atom is -0.406 e. The van der Waals surface area contributed by atoms with E-state index in [0.717, 1.165) is 31.5 Å². The monoisotopic (exact) mass is 388 g/mol. The Morgan fingerprint density at radius 1 is 1.19 bits per heavy atom. The van der Waals surface area contributed by atoms with Gasteiger partial charge in [-0.25, -0.2) is 0 Å². The van der Waals surface area contributed by atoms with Gasteiger partial charge in [0.15, 0.2) is 6.29 Å². The number of likely N-dealkylation sites (tertiary alicyclic amines) is 1. The molecule has 2 N–H and O–H groups in total. The number of fused-ring (bicyclic) bond motifs is 2. The first-order valence-electron chi connectivity index (χ1n) is 9.18. The highest BCUT2D eigenvalue weighted by molar-refractivity contribution is 5.27. The van der Waals surface area contributed by atoms with Gasteiger partial charge < -0.3 is 24.6 Å². The number of hydrogen-bond acceptors (Lipinski definition) is 6. The van der Waals surface area contributed by atoms with Gasteiger partial charge in [-0.05, 0) is 43.6 Å². The molecule has 27 heavy (non-hydrogen) atoms. The summed E-state index contributed by atoms with van der Waals surface area (Å²) < 4.78 is 52.2. The maximum atomic E-state index is 12.2. The minimum atomic E-state index is -4.70. The predicted octanol–water partition coefficient (Wildman–Crippen LogP) is 1.62. The van der Waals surface area contributed by atoms with Crippen molar-refractivity contribution >= 4 is 0 Å². The Morgan fingerprint density at radius 3 is 2.56 bits per heavy atom. The van der Waals surface area contributed by atoms with Crippen LogP contribution in [0, 0.1) is 0 Å². The summed E-state index contributed by atoms with van der Waals surface area (Å²) in [4.78, 5) is 2.22. The standard InChI is InChI=1S/C18H23F3N2O4/c19-18(20,21)27-12-5-3-11(4-6-12)9-22-14-13-10-25-17(26-13)15(16(14)24)23-7-1-2-8-23/h3-6,13-17,22,24H,1-2,7-10H2/t13-,14-,15+,16-,17+/m0/s1. The van der Waals surface area contributed by atoms with Crippen molar-refractivity contribution in [3.63, 3.8) is 0 Å². The first-order chi connectivity index (χ1) is 12.9. The Kier molecular flexibility index (Phi) is 5.30. The van der Waals surface area contributed by atoms with Crippen molar-refractivity contribution < 1.29 is 32.5 Å². The van der Waals surface area contributed by atoms with Crippen LogP contribution in [-0.2, 0) is 16.0 Å². The van der Waals surface area contributed by atoms with Crippen molar-refractivity contribution in [2.75, 3.05) is 19.7 Å². The van der Waals surface area contributed by atoms with Crippen LogP contribution in [0.1, 0.15) is 18.4 Å². The molecule has 3 saturated heterocycles. The van der Waals surface area contributed by atoms with Crippen molar-refractivity contribution in [3.8, 4) is 5.75 Å². The fourth-order valence-corrected chi connectivity index (χ4v) is 4.13. The molecule has 6 nitrogen and oxygen atoms in total. The Bertz CT molecular complexity index is 634. The molecule has 0 saturated carbocycles. The molecule has 0 unspecified atom stereocenters. The summed E-state index contributed by atoms with van der Waals surface area (Å²) in [6, 6.07) is 5.18. The van der Waals surface area contributed by atoms with Gasteiger partial charge in [-0.1, -0.05) is 12.1 Å². The summed E-state index contributed by atoms with van der Waals surface area (Å²) in [5.74, 6) is -0.256. The first-order valence-corrected chi connectivity index (χ1v) is 9.18. The largest absolute Gasteiger partial charge is 0.573 e. The van der Waals surface area contributed by atoms with Gasteiger partial charge in [-0.3, -0.25) is 4.90 Å². The van der Waals surface area contributed by atoms with Crippen molar-refractivity contribution in [1.82, 2.24) is 10.2 Å². The average molecular weight is 388 g/mol. The van der Waals surface area contributed by atoms with E-state index < -0.39 is 18.8 Å². The van der Waals surface area contributed by atoms with Crippen LogP contribution >= 0.6 is 0 Å². The van der Waals surface area contributed by atoms with E-state index >= 15 is 0 Å². The van der Waals surface area contributed by atoms with E-state index in [1.54, 1.807) is 12.1 Å². The lowest BCUT2D eigenvalue weighted by Crippen LogP contribution is -2.63. The zero-order chi connectivity index (χ0) is 19.0. The number of aliphatic hydroxyl groups excluding tert-OH is 1. The predicted molar refractivity (Wildman–Crippen MR) is 89.0 cm³/mol. The molecule has 1 aromatic carbocycles. The molecule has 4 rings (SSSR count). The van der Waals surface area contributed by atoms with Gasteiger partial charge >= 0.3 is 6.36 Å². The number of alkyl halides is 3. The summed E-state index contributed by atoms with van der Waals surface area (Å²) in [5, 5.41) is 14.2. The van der Waals surface area contributed by atoms with E-state index in [9.17, 15) is 18.3 Å². The van der Waals surface area contributed by atoms with Crippen LogP contribution in [0.3, 0.4) is 0 Å². The third-order valence-electron chi connectivity index (χ3n) is 5.39. The van der Waals surface area contributed by atoms with Crippen LogP contribution < -0.4 is 10.1 Å². The second-order valence-corrected chi connectivity index (χ2v) is 7.20. The zero-order valence-electron chi connectivity index (χ0n) is 14.7. The Labute approximate surface area is 155 Å². The average Bonchev–Trinajstić information content (AvgIpc) is 3.27. The molecule has 3 heterocycles. The molecule has 1 aromatic rings. The van der Waals surface area contributed by atoms with Crippen LogP contribution in [0.2, 0.25) is 0 Å². The second kappa shape index (κ2) is 7.56.